The summed E-state index contributed by atoms with van der Waals surface area (Å²) in [6.07, 6.45) is -0.966. The molecule has 0 atom stereocenters. The zero-order valence-corrected chi connectivity index (χ0v) is 12.1. The van der Waals surface area contributed by atoms with Gasteiger partial charge in [0.2, 0.25) is 0 Å². The van der Waals surface area contributed by atoms with E-state index >= 15 is 0 Å². The average Bonchev–Trinajstić information content (AvgIpc) is 2.72. The molecule has 0 aliphatic rings. The number of benzene rings is 1. The van der Waals surface area contributed by atoms with Crippen LogP contribution in [0.3, 0.4) is 0 Å². The topological polar surface area (TPSA) is 26.2 Å². The first-order chi connectivity index (χ1) is 9.33. The Hall–Kier alpha value is -1.63. The molecule has 0 fully saturated rings. The van der Waals surface area contributed by atoms with Gasteiger partial charge < -0.3 is 14.6 Å². The van der Waals surface area contributed by atoms with Crippen molar-refractivity contribution < 1.29 is 17.9 Å². The van der Waals surface area contributed by atoms with Gasteiger partial charge in [0.15, 0.2) is 5.75 Å². The third-order valence-corrected chi connectivity index (χ3v) is 3.04. The third-order valence-electron chi connectivity index (χ3n) is 2.55. The summed E-state index contributed by atoms with van der Waals surface area (Å²) >= 11 is 3.12. The summed E-state index contributed by atoms with van der Waals surface area (Å²) in [5, 5.41) is 2.93. The van der Waals surface area contributed by atoms with Crippen LogP contribution in [0.15, 0.2) is 41.1 Å². The zero-order valence-electron chi connectivity index (χ0n) is 10.5. The van der Waals surface area contributed by atoms with Crippen molar-refractivity contribution in [2.24, 2.45) is 7.05 Å². The summed E-state index contributed by atoms with van der Waals surface area (Å²) in [7, 11) is 1.88. The predicted molar refractivity (Wildman–Crippen MR) is 73.6 cm³/mol. The smallest absolute Gasteiger partial charge is 0.404 e. The molecule has 2 aromatic rings. The van der Waals surface area contributed by atoms with Crippen molar-refractivity contribution in [3.63, 3.8) is 0 Å². The van der Waals surface area contributed by atoms with Gasteiger partial charge in [-0.1, -0.05) is 15.9 Å². The standard InChI is InChI=1S/C13H12BrF3N2O/c1-19-5-4-9(8-19)7-18-11-3-2-10(14)6-12(11)20-13(15,16)17/h2-6,8,18H,7H2,1H3. The maximum absolute atomic E-state index is 12.4. The highest BCUT2D eigenvalue weighted by molar-refractivity contribution is 9.10. The molecule has 0 radical (unpaired) electrons. The maximum Gasteiger partial charge on any atom is 0.573 e. The molecule has 1 N–H and O–H groups in total. The normalized spacial score (nSPS) is 11.4. The Morgan fingerprint density at radius 3 is 2.65 bits per heavy atom. The number of ether oxygens (including phenoxy) is 1. The van der Waals surface area contributed by atoms with Crippen LogP contribution in [0, 0.1) is 0 Å². The van der Waals surface area contributed by atoms with Crippen molar-refractivity contribution in [2.45, 2.75) is 12.9 Å². The lowest BCUT2D eigenvalue weighted by Gasteiger charge is -2.14. The fourth-order valence-corrected chi connectivity index (χ4v) is 2.05. The molecule has 0 saturated heterocycles. The zero-order chi connectivity index (χ0) is 14.8. The van der Waals surface area contributed by atoms with E-state index in [-0.39, 0.29) is 11.4 Å². The first kappa shape index (κ1) is 14.8. The van der Waals surface area contributed by atoms with Crippen molar-refractivity contribution in [1.82, 2.24) is 4.57 Å². The summed E-state index contributed by atoms with van der Waals surface area (Å²) in [6.45, 7) is 0.413. The van der Waals surface area contributed by atoms with Gasteiger partial charge in [0, 0.05) is 30.5 Å². The largest absolute Gasteiger partial charge is 0.573 e. The van der Waals surface area contributed by atoms with Crippen LogP contribution >= 0.6 is 15.9 Å². The molecule has 0 aliphatic carbocycles. The van der Waals surface area contributed by atoms with Crippen LogP contribution < -0.4 is 10.1 Å². The van der Waals surface area contributed by atoms with Crippen molar-refractivity contribution in [2.75, 3.05) is 5.32 Å². The monoisotopic (exact) mass is 348 g/mol. The number of aromatic nitrogens is 1. The van der Waals surface area contributed by atoms with Crippen LogP contribution in [0.4, 0.5) is 18.9 Å². The Morgan fingerprint density at radius 1 is 1.30 bits per heavy atom. The van der Waals surface area contributed by atoms with Crippen LogP contribution in [0.25, 0.3) is 0 Å². The number of hydrogen-bond donors (Lipinski definition) is 1. The highest BCUT2D eigenvalue weighted by Gasteiger charge is 2.32. The van der Waals surface area contributed by atoms with E-state index in [0.29, 0.717) is 11.0 Å². The molecule has 0 spiro atoms. The van der Waals surface area contributed by atoms with E-state index in [4.69, 9.17) is 0 Å². The molecule has 0 bridgehead atoms. The van der Waals surface area contributed by atoms with Crippen LogP contribution in [0.2, 0.25) is 0 Å². The predicted octanol–water partition coefficient (Wildman–Crippen LogP) is 4.30. The molecule has 0 aliphatic heterocycles. The number of rotatable bonds is 4. The van der Waals surface area contributed by atoms with Crippen LogP contribution in [0.1, 0.15) is 5.56 Å². The summed E-state index contributed by atoms with van der Waals surface area (Å²) < 4.78 is 43.4. The maximum atomic E-state index is 12.4. The summed E-state index contributed by atoms with van der Waals surface area (Å²) in [4.78, 5) is 0. The lowest BCUT2D eigenvalue weighted by molar-refractivity contribution is -0.274. The van der Waals surface area contributed by atoms with E-state index < -0.39 is 6.36 Å². The second-order valence-corrected chi connectivity index (χ2v) is 5.14. The van der Waals surface area contributed by atoms with Gasteiger partial charge >= 0.3 is 6.36 Å². The molecule has 108 valence electrons. The minimum absolute atomic E-state index is 0.261. The Kier molecular flexibility index (Phi) is 4.27. The average molecular weight is 349 g/mol. The molecule has 1 aromatic heterocycles. The van der Waals surface area contributed by atoms with Crippen LogP contribution in [0.5, 0.6) is 5.75 Å². The van der Waals surface area contributed by atoms with E-state index in [2.05, 4.69) is 26.0 Å². The van der Waals surface area contributed by atoms with E-state index in [0.717, 1.165) is 5.56 Å². The number of anilines is 1. The van der Waals surface area contributed by atoms with Gasteiger partial charge in [0.1, 0.15) is 0 Å². The minimum atomic E-state index is -4.72. The van der Waals surface area contributed by atoms with Gasteiger partial charge in [0.05, 0.1) is 5.69 Å². The second kappa shape index (κ2) is 5.78. The van der Waals surface area contributed by atoms with Crippen molar-refractivity contribution in [1.29, 1.82) is 0 Å². The first-order valence-corrected chi connectivity index (χ1v) is 6.53. The first-order valence-electron chi connectivity index (χ1n) is 5.73. The molecule has 0 unspecified atom stereocenters. The van der Waals surface area contributed by atoms with Crippen molar-refractivity contribution in [3.8, 4) is 5.75 Å². The fourth-order valence-electron chi connectivity index (χ4n) is 1.71. The number of halogens is 4. The van der Waals surface area contributed by atoms with Crippen LogP contribution in [-0.4, -0.2) is 10.9 Å². The Labute approximate surface area is 122 Å². The Bertz CT molecular complexity index is 596. The molecular weight excluding hydrogens is 337 g/mol. The molecular formula is C13H12BrF3N2O. The van der Waals surface area contributed by atoms with E-state index in [1.54, 1.807) is 6.07 Å². The minimum Gasteiger partial charge on any atom is -0.404 e. The van der Waals surface area contributed by atoms with E-state index in [9.17, 15) is 13.2 Å². The fraction of sp³-hybridized carbons (Fsp3) is 0.231. The lowest BCUT2D eigenvalue weighted by atomic mass is 10.2. The molecule has 2 rings (SSSR count). The molecule has 3 nitrogen and oxygen atoms in total. The highest BCUT2D eigenvalue weighted by Crippen LogP contribution is 2.33. The second-order valence-electron chi connectivity index (χ2n) is 4.23. The van der Waals surface area contributed by atoms with Gasteiger partial charge in [-0.15, -0.1) is 13.2 Å². The SMILES string of the molecule is Cn1ccc(CNc2ccc(Br)cc2OC(F)(F)F)c1. The van der Waals surface area contributed by atoms with Gasteiger partial charge in [-0.05, 0) is 29.8 Å². The Morgan fingerprint density at radius 2 is 2.05 bits per heavy atom. The van der Waals surface area contributed by atoms with Gasteiger partial charge in [0.25, 0.3) is 0 Å². The van der Waals surface area contributed by atoms with E-state index in [1.165, 1.54) is 12.1 Å². The molecule has 0 saturated carbocycles. The lowest BCUT2D eigenvalue weighted by Crippen LogP contribution is -2.18. The highest BCUT2D eigenvalue weighted by atomic mass is 79.9. The van der Waals surface area contributed by atoms with Crippen molar-refractivity contribution >= 4 is 21.6 Å². The molecule has 0 amide bonds. The summed E-state index contributed by atoms with van der Waals surface area (Å²) in [6, 6.07) is 6.35. The van der Waals surface area contributed by atoms with Gasteiger partial charge in [-0.25, -0.2) is 0 Å². The number of alkyl halides is 3. The number of hydrogen-bond acceptors (Lipinski definition) is 2. The molecule has 20 heavy (non-hydrogen) atoms. The quantitative estimate of drug-likeness (QED) is 0.891. The van der Waals surface area contributed by atoms with Gasteiger partial charge in [-0.2, -0.15) is 0 Å². The van der Waals surface area contributed by atoms with Crippen LogP contribution in [-0.2, 0) is 13.6 Å². The Balaban J connectivity index is 2.14. The van der Waals surface area contributed by atoms with Crippen molar-refractivity contribution in [3.05, 3.63) is 46.7 Å². The molecule has 1 aromatic carbocycles. The van der Waals surface area contributed by atoms with E-state index in [1.807, 2.05) is 30.1 Å². The third kappa shape index (κ3) is 4.19. The summed E-state index contributed by atoms with van der Waals surface area (Å²) in [5.74, 6) is -0.261. The number of aryl methyl sites for hydroxylation is 1. The number of nitrogens with zero attached hydrogens (tertiary/aromatic N) is 1. The molecule has 7 heteroatoms. The molecule has 1 heterocycles. The summed E-state index contributed by atoms with van der Waals surface area (Å²) in [5.41, 5.74) is 1.25. The number of nitrogens with one attached hydrogen (secondary N) is 1. The van der Waals surface area contributed by atoms with Gasteiger partial charge in [-0.3, -0.25) is 0 Å².